The van der Waals surface area contributed by atoms with Gasteiger partial charge in [-0.1, -0.05) is 35.8 Å². The molecule has 1 heterocycles. The molecule has 29 heavy (non-hydrogen) atoms. The van der Waals surface area contributed by atoms with Gasteiger partial charge < -0.3 is 14.0 Å². The van der Waals surface area contributed by atoms with E-state index in [-0.39, 0.29) is 16.6 Å². The number of hydrogen-bond acceptors (Lipinski definition) is 7. The summed E-state index contributed by atoms with van der Waals surface area (Å²) in [6.07, 6.45) is 2.10. The normalized spacial score (nSPS) is 11.4. The highest BCUT2D eigenvalue weighted by molar-refractivity contribution is 6.50. The summed E-state index contributed by atoms with van der Waals surface area (Å²) < 4.78 is 15.8. The molecule has 9 heteroatoms. The third kappa shape index (κ3) is 4.38. The molecule has 150 valence electrons. The smallest absolute Gasteiger partial charge is 0.273 e. The minimum Gasteiger partial charge on any atom is -0.497 e. The molecule has 0 saturated heterocycles. The number of aryl methyl sites for hydroxylation is 1. The largest absolute Gasteiger partial charge is 0.497 e. The number of hydrogen-bond donors (Lipinski definition) is 0. The van der Waals surface area contributed by atoms with E-state index in [0.29, 0.717) is 40.4 Å². The van der Waals surface area contributed by atoms with Crippen molar-refractivity contribution in [1.29, 1.82) is 0 Å². The van der Waals surface area contributed by atoms with Crippen molar-refractivity contribution in [2.45, 2.75) is 13.3 Å². The molecule has 3 rings (SSSR count). The number of nitrogens with zero attached hydrogens (tertiary/aromatic N) is 3. The van der Waals surface area contributed by atoms with Crippen molar-refractivity contribution >= 4 is 28.4 Å². The zero-order valence-electron chi connectivity index (χ0n) is 16.0. The molecule has 0 radical (unpaired) electrons. The third-order valence-corrected chi connectivity index (χ3v) is 4.53. The van der Waals surface area contributed by atoms with E-state index in [1.807, 2.05) is 6.92 Å². The molecule has 3 aromatic rings. The van der Waals surface area contributed by atoms with Crippen LogP contribution in [-0.4, -0.2) is 29.3 Å². The maximum Gasteiger partial charge on any atom is 0.273 e. The fourth-order valence-electron chi connectivity index (χ4n) is 2.76. The Morgan fingerprint density at radius 1 is 1.24 bits per heavy atom. The van der Waals surface area contributed by atoms with Crippen molar-refractivity contribution in [3.63, 3.8) is 0 Å². The summed E-state index contributed by atoms with van der Waals surface area (Å²) in [6, 6.07) is 10.1. The fourth-order valence-corrected chi connectivity index (χ4v) is 2.96. The first-order valence-corrected chi connectivity index (χ1v) is 9.05. The first-order valence-electron chi connectivity index (χ1n) is 8.67. The van der Waals surface area contributed by atoms with Gasteiger partial charge in [0.2, 0.25) is 5.82 Å². The Balaban J connectivity index is 1.93. The lowest BCUT2D eigenvalue weighted by atomic mass is 10.1. The van der Waals surface area contributed by atoms with Crippen molar-refractivity contribution < 1.29 is 18.9 Å². The van der Waals surface area contributed by atoms with Crippen LogP contribution < -0.4 is 9.47 Å². The van der Waals surface area contributed by atoms with E-state index in [9.17, 15) is 10.1 Å². The van der Waals surface area contributed by atoms with E-state index in [4.69, 9.17) is 25.6 Å². The number of aromatic nitrogens is 2. The Morgan fingerprint density at radius 2 is 2.03 bits per heavy atom. The van der Waals surface area contributed by atoms with E-state index in [2.05, 4.69) is 10.1 Å². The van der Waals surface area contributed by atoms with Gasteiger partial charge in [-0.2, -0.15) is 4.98 Å². The van der Waals surface area contributed by atoms with Crippen LogP contribution in [0, 0.1) is 10.1 Å². The predicted molar refractivity (Wildman–Crippen MR) is 109 cm³/mol. The number of nitro benzene ring substituents is 1. The van der Waals surface area contributed by atoms with Crippen LogP contribution in [0.4, 0.5) is 5.69 Å². The van der Waals surface area contributed by atoms with Crippen LogP contribution in [0.15, 0.2) is 40.9 Å². The quantitative estimate of drug-likeness (QED) is 0.397. The first kappa shape index (κ1) is 20.3. The van der Waals surface area contributed by atoms with Crippen LogP contribution in [0.5, 0.6) is 11.5 Å². The van der Waals surface area contributed by atoms with Crippen molar-refractivity contribution in [3.05, 3.63) is 63.5 Å². The molecule has 1 aromatic heterocycles. The topological polar surface area (TPSA) is 101 Å². The summed E-state index contributed by atoms with van der Waals surface area (Å²) >= 11 is 6.31. The number of methoxy groups -OCH3 is 2. The Bertz CT molecular complexity index is 1080. The average molecular weight is 416 g/mol. The van der Waals surface area contributed by atoms with Gasteiger partial charge in [0.15, 0.2) is 0 Å². The first-order chi connectivity index (χ1) is 14.0. The second-order valence-electron chi connectivity index (χ2n) is 5.98. The van der Waals surface area contributed by atoms with Crippen LogP contribution in [0.1, 0.15) is 23.9 Å². The number of ether oxygens (including phenoxy) is 2. The minimum absolute atomic E-state index is 0.0416. The van der Waals surface area contributed by atoms with Crippen molar-refractivity contribution in [2.24, 2.45) is 0 Å². The molecular weight excluding hydrogens is 398 g/mol. The van der Waals surface area contributed by atoms with Gasteiger partial charge in [0, 0.05) is 17.7 Å². The van der Waals surface area contributed by atoms with E-state index in [0.717, 1.165) is 0 Å². The molecule has 0 bridgehead atoms. The van der Waals surface area contributed by atoms with Gasteiger partial charge in [0.05, 0.1) is 24.7 Å². The Hall–Kier alpha value is -3.39. The lowest BCUT2D eigenvalue weighted by molar-refractivity contribution is -0.385. The summed E-state index contributed by atoms with van der Waals surface area (Å²) in [6.45, 7) is 1.86. The monoisotopic (exact) mass is 415 g/mol. The molecule has 0 aliphatic rings. The van der Waals surface area contributed by atoms with Gasteiger partial charge in [-0.25, -0.2) is 0 Å². The molecule has 0 spiro atoms. The Morgan fingerprint density at radius 3 is 2.69 bits per heavy atom. The molecule has 0 aliphatic carbocycles. The van der Waals surface area contributed by atoms with Gasteiger partial charge in [-0.3, -0.25) is 10.1 Å². The zero-order chi connectivity index (χ0) is 21.0. The highest BCUT2D eigenvalue weighted by Gasteiger charge is 2.17. The molecule has 8 nitrogen and oxygen atoms in total. The number of rotatable bonds is 7. The van der Waals surface area contributed by atoms with E-state index < -0.39 is 4.92 Å². The van der Waals surface area contributed by atoms with E-state index in [1.54, 1.807) is 37.4 Å². The number of nitro groups is 1. The number of halogens is 1. The highest BCUT2D eigenvalue weighted by Crippen LogP contribution is 2.33. The number of benzene rings is 2. The average Bonchev–Trinajstić information content (AvgIpc) is 3.23. The third-order valence-electron chi connectivity index (χ3n) is 4.26. The SMILES string of the molecule is CCc1ccc(/C=C(\Cl)c2nc(-c3ccc(OC)cc3OC)no2)cc1[N+](=O)[O-]. The standard InChI is InChI=1S/C20H18ClN3O5/c1-4-13-6-5-12(10-17(13)24(25)26)9-16(21)20-22-19(23-29-20)15-8-7-14(27-2)11-18(15)28-3/h5-11H,4H2,1-3H3/b16-9-. The van der Waals surface area contributed by atoms with Gasteiger partial charge in [-0.15, -0.1) is 0 Å². The molecule has 0 atom stereocenters. The van der Waals surface area contributed by atoms with Crippen LogP contribution in [-0.2, 0) is 6.42 Å². The van der Waals surface area contributed by atoms with Crippen LogP contribution in [0.25, 0.3) is 22.5 Å². The van der Waals surface area contributed by atoms with Gasteiger partial charge in [0.25, 0.3) is 11.6 Å². The zero-order valence-corrected chi connectivity index (χ0v) is 16.8. The lowest BCUT2D eigenvalue weighted by Gasteiger charge is -2.07. The maximum absolute atomic E-state index is 11.2. The van der Waals surface area contributed by atoms with Gasteiger partial charge in [-0.05, 0) is 30.2 Å². The minimum atomic E-state index is -0.412. The van der Waals surface area contributed by atoms with Crippen LogP contribution >= 0.6 is 11.6 Å². The molecular formula is C20H18ClN3O5. The van der Waals surface area contributed by atoms with Crippen LogP contribution in [0.3, 0.4) is 0 Å². The van der Waals surface area contributed by atoms with Crippen LogP contribution in [0.2, 0.25) is 0 Å². The Kier molecular flexibility index (Phi) is 6.13. The van der Waals surface area contributed by atoms with Crippen molar-refractivity contribution in [3.8, 4) is 22.9 Å². The van der Waals surface area contributed by atoms with Gasteiger partial charge in [0.1, 0.15) is 16.5 Å². The molecule has 0 saturated carbocycles. The molecule has 0 amide bonds. The molecule has 0 fully saturated rings. The van der Waals surface area contributed by atoms with E-state index in [1.165, 1.54) is 19.3 Å². The summed E-state index contributed by atoms with van der Waals surface area (Å²) in [7, 11) is 3.09. The molecule has 2 aromatic carbocycles. The van der Waals surface area contributed by atoms with Crippen molar-refractivity contribution in [2.75, 3.05) is 14.2 Å². The molecule has 0 unspecified atom stereocenters. The Labute approximate surface area is 171 Å². The fraction of sp³-hybridized carbons (Fsp3) is 0.200. The summed E-state index contributed by atoms with van der Waals surface area (Å²) in [5, 5.41) is 15.4. The second kappa shape index (κ2) is 8.74. The summed E-state index contributed by atoms with van der Waals surface area (Å²) in [5.74, 6) is 1.52. The van der Waals surface area contributed by atoms with E-state index >= 15 is 0 Å². The predicted octanol–water partition coefficient (Wildman–Crippen LogP) is 4.96. The summed E-state index contributed by atoms with van der Waals surface area (Å²) in [5.41, 5.74) is 1.85. The second-order valence-corrected chi connectivity index (χ2v) is 6.39. The highest BCUT2D eigenvalue weighted by atomic mass is 35.5. The summed E-state index contributed by atoms with van der Waals surface area (Å²) in [4.78, 5) is 15.1. The van der Waals surface area contributed by atoms with Gasteiger partial charge >= 0.3 is 0 Å². The van der Waals surface area contributed by atoms with Crippen molar-refractivity contribution in [1.82, 2.24) is 10.1 Å². The maximum atomic E-state index is 11.2. The lowest BCUT2D eigenvalue weighted by Crippen LogP contribution is -1.94. The molecule has 0 aliphatic heterocycles. The molecule has 0 N–H and O–H groups in total.